The van der Waals surface area contributed by atoms with Crippen molar-refractivity contribution in [2.45, 2.75) is 18.4 Å². The predicted molar refractivity (Wildman–Crippen MR) is 77.6 cm³/mol. The Hall–Kier alpha value is -2.92. The molecular formula is C16H10F3N3O2. The van der Waals surface area contributed by atoms with E-state index in [9.17, 15) is 18.3 Å². The van der Waals surface area contributed by atoms with Gasteiger partial charge in [0.1, 0.15) is 0 Å². The number of oxime groups is 1. The summed E-state index contributed by atoms with van der Waals surface area (Å²) in [6, 6.07) is 10.00. The highest BCUT2D eigenvalue weighted by Crippen LogP contribution is 2.39. The molecule has 0 spiro atoms. The fourth-order valence-electron chi connectivity index (χ4n) is 2.29. The van der Waals surface area contributed by atoms with Gasteiger partial charge in [-0.15, -0.1) is 0 Å². The van der Waals surface area contributed by atoms with Gasteiger partial charge < -0.3 is 9.94 Å². The zero-order chi connectivity index (χ0) is 17.4. The molecule has 0 aliphatic carbocycles. The van der Waals surface area contributed by atoms with E-state index in [2.05, 4.69) is 15.0 Å². The third kappa shape index (κ3) is 2.70. The van der Waals surface area contributed by atoms with Gasteiger partial charge in [-0.05, 0) is 17.2 Å². The van der Waals surface area contributed by atoms with Crippen LogP contribution < -0.4 is 0 Å². The van der Waals surface area contributed by atoms with Crippen molar-refractivity contribution < 1.29 is 23.1 Å². The first-order valence-electron chi connectivity index (χ1n) is 6.83. The second-order valence-electron chi connectivity index (χ2n) is 5.20. The zero-order valence-electron chi connectivity index (χ0n) is 12.1. The molecule has 1 aliphatic rings. The van der Waals surface area contributed by atoms with Gasteiger partial charge >= 0.3 is 12.0 Å². The minimum Gasteiger partial charge on any atom is -0.350 e. The number of pyridine rings is 1. The normalized spacial score (nSPS) is 20.2. The van der Waals surface area contributed by atoms with Crippen molar-refractivity contribution in [3.05, 3.63) is 53.9 Å². The minimum atomic E-state index is -4.93. The van der Waals surface area contributed by atoms with Crippen LogP contribution >= 0.6 is 0 Å². The molecule has 0 fully saturated rings. The van der Waals surface area contributed by atoms with Gasteiger partial charge in [0.15, 0.2) is 0 Å². The van der Waals surface area contributed by atoms with Crippen LogP contribution in [0.25, 0.3) is 11.1 Å². The van der Waals surface area contributed by atoms with Crippen LogP contribution in [0.15, 0.2) is 47.9 Å². The van der Waals surface area contributed by atoms with E-state index in [1.165, 1.54) is 12.4 Å². The highest BCUT2D eigenvalue weighted by Gasteiger charge is 2.60. The van der Waals surface area contributed by atoms with Crippen molar-refractivity contribution in [2.75, 3.05) is 0 Å². The highest BCUT2D eigenvalue weighted by atomic mass is 19.4. The van der Waals surface area contributed by atoms with Crippen molar-refractivity contribution in [3.63, 3.8) is 0 Å². The largest absolute Gasteiger partial charge is 0.458 e. The maximum Gasteiger partial charge on any atom is 0.458 e. The monoisotopic (exact) mass is 333 g/mol. The topological polar surface area (TPSA) is 78.5 Å². The van der Waals surface area contributed by atoms with Crippen LogP contribution in [-0.4, -0.2) is 27.8 Å². The molecule has 0 saturated carbocycles. The van der Waals surface area contributed by atoms with Crippen LogP contribution in [0, 0.1) is 11.3 Å². The van der Waals surface area contributed by atoms with Gasteiger partial charge in [0, 0.05) is 18.0 Å². The van der Waals surface area contributed by atoms with Gasteiger partial charge in [0.25, 0.3) is 0 Å². The highest BCUT2D eigenvalue weighted by molar-refractivity contribution is 6.01. The van der Waals surface area contributed by atoms with E-state index >= 15 is 0 Å². The molecule has 0 amide bonds. The number of benzene rings is 1. The summed E-state index contributed by atoms with van der Waals surface area (Å²) < 4.78 is 38.2. The lowest BCUT2D eigenvalue weighted by Crippen LogP contribution is -2.45. The third-order valence-electron chi connectivity index (χ3n) is 3.63. The molecule has 2 aromatic rings. The molecule has 1 unspecified atom stereocenters. The first kappa shape index (κ1) is 16.0. The summed E-state index contributed by atoms with van der Waals surface area (Å²) in [6.07, 6.45) is -2.69. The smallest absolute Gasteiger partial charge is 0.350 e. The van der Waals surface area contributed by atoms with Gasteiger partial charge in [-0.1, -0.05) is 29.4 Å². The summed E-state index contributed by atoms with van der Waals surface area (Å²) in [5.74, 6) is -3.29. The number of aromatic nitrogens is 1. The minimum absolute atomic E-state index is 0.00642. The number of rotatable bonds is 2. The van der Waals surface area contributed by atoms with Crippen LogP contribution in [0.2, 0.25) is 0 Å². The summed E-state index contributed by atoms with van der Waals surface area (Å²) in [5, 5.41) is 21.9. The number of nitrogens with zero attached hydrogens (tertiary/aromatic N) is 3. The quantitative estimate of drug-likeness (QED) is 0.916. The molecule has 122 valence electrons. The second kappa shape index (κ2) is 5.62. The Bertz CT molecular complexity index is 841. The molecule has 1 N–H and O–H groups in total. The molecule has 0 saturated heterocycles. The van der Waals surface area contributed by atoms with Crippen molar-refractivity contribution in [1.82, 2.24) is 4.98 Å². The van der Waals surface area contributed by atoms with Crippen LogP contribution in [0.5, 0.6) is 0 Å². The molecule has 1 atom stereocenters. The first-order valence-corrected chi connectivity index (χ1v) is 6.83. The van der Waals surface area contributed by atoms with Gasteiger partial charge in [-0.2, -0.15) is 18.4 Å². The molecule has 5 nitrogen and oxygen atoms in total. The molecule has 3 rings (SSSR count). The SMILES string of the molecule is N#Cc1ccncc1-c1ccc(C2=NOC(O)(C(F)(F)F)C2)cc1. The number of hydrogen-bond acceptors (Lipinski definition) is 5. The van der Waals surface area contributed by atoms with E-state index in [4.69, 9.17) is 5.26 Å². The molecular weight excluding hydrogens is 323 g/mol. The Balaban J connectivity index is 1.86. The summed E-state index contributed by atoms with van der Waals surface area (Å²) in [7, 11) is 0. The Morgan fingerprint density at radius 3 is 2.42 bits per heavy atom. The van der Waals surface area contributed by atoms with Gasteiger partial charge in [-0.3, -0.25) is 4.98 Å². The summed E-state index contributed by atoms with van der Waals surface area (Å²) in [5.41, 5.74) is 2.12. The Morgan fingerprint density at radius 2 is 1.83 bits per heavy atom. The van der Waals surface area contributed by atoms with Crippen molar-refractivity contribution >= 4 is 5.71 Å². The molecule has 1 aromatic heterocycles. The number of halogens is 3. The number of aliphatic hydroxyl groups is 1. The van der Waals surface area contributed by atoms with Gasteiger partial charge in [0.2, 0.25) is 0 Å². The van der Waals surface area contributed by atoms with Crippen LogP contribution in [0.4, 0.5) is 13.2 Å². The van der Waals surface area contributed by atoms with E-state index < -0.39 is 18.4 Å². The zero-order valence-corrected chi connectivity index (χ0v) is 12.1. The fraction of sp³-hybridized carbons (Fsp3) is 0.188. The molecule has 8 heteroatoms. The molecule has 1 aliphatic heterocycles. The van der Waals surface area contributed by atoms with Crippen molar-refractivity contribution in [1.29, 1.82) is 5.26 Å². The van der Waals surface area contributed by atoms with Crippen molar-refractivity contribution in [3.8, 4) is 17.2 Å². The van der Waals surface area contributed by atoms with Crippen molar-refractivity contribution in [2.24, 2.45) is 5.16 Å². The average molecular weight is 333 g/mol. The van der Waals surface area contributed by atoms with E-state index in [1.54, 1.807) is 30.3 Å². The molecule has 0 bridgehead atoms. The first-order chi connectivity index (χ1) is 11.3. The van der Waals surface area contributed by atoms with Crippen LogP contribution in [0.1, 0.15) is 17.5 Å². The summed E-state index contributed by atoms with van der Waals surface area (Å²) in [4.78, 5) is 8.15. The van der Waals surface area contributed by atoms with Crippen LogP contribution in [-0.2, 0) is 4.84 Å². The average Bonchev–Trinajstić information content (AvgIpc) is 2.98. The Kier molecular flexibility index (Phi) is 3.73. The molecule has 24 heavy (non-hydrogen) atoms. The fourth-order valence-corrected chi connectivity index (χ4v) is 2.29. The number of alkyl halides is 3. The van der Waals surface area contributed by atoms with Gasteiger partial charge in [0.05, 0.1) is 23.8 Å². The number of nitriles is 1. The standard InChI is InChI=1S/C16H10F3N3O2/c17-16(18,19)15(23)7-14(22-24-15)11-3-1-10(2-4-11)13-9-21-6-5-12(13)8-20/h1-6,9,23H,7H2. The maximum absolute atomic E-state index is 12.7. The van der Waals surface area contributed by atoms with Gasteiger partial charge in [-0.25, -0.2) is 0 Å². The second-order valence-corrected chi connectivity index (χ2v) is 5.20. The lowest BCUT2D eigenvalue weighted by Gasteiger charge is -2.22. The van der Waals surface area contributed by atoms with E-state index in [0.717, 1.165) is 0 Å². The van der Waals surface area contributed by atoms with Crippen LogP contribution in [0.3, 0.4) is 0 Å². The molecule has 2 heterocycles. The third-order valence-corrected chi connectivity index (χ3v) is 3.63. The Labute approximate surface area is 134 Å². The summed E-state index contributed by atoms with van der Waals surface area (Å²) >= 11 is 0. The Morgan fingerprint density at radius 1 is 1.17 bits per heavy atom. The molecule has 0 radical (unpaired) electrons. The molecule has 1 aromatic carbocycles. The van der Waals surface area contributed by atoms with E-state index in [1.807, 2.05) is 6.07 Å². The predicted octanol–water partition coefficient (Wildman–Crippen LogP) is 3.00. The lowest BCUT2D eigenvalue weighted by atomic mass is 9.98. The summed E-state index contributed by atoms with van der Waals surface area (Å²) in [6.45, 7) is 0. The lowest BCUT2D eigenvalue weighted by molar-refractivity contribution is -0.355. The number of hydrogen-bond donors (Lipinski definition) is 1. The maximum atomic E-state index is 12.7. The van der Waals surface area contributed by atoms with E-state index in [0.29, 0.717) is 22.3 Å². The van der Waals surface area contributed by atoms with E-state index in [-0.39, 0.29) is 5.71 Å².